The van der Waals surface area contributed by atoms with Crippen LogP contribution in [0, 0.1) is 11.6 Å². The summed E-state index contributed by atoms with van der Waals surface area (Å²) >= 11 is 11.8. The third-order valence-electron chi connectivity index (χ3n) is 4.28. The minimum atomic E-state index is -0.824. The van der Waals surface area contributed by atoms with E-state index in [1.165, 1.54) is 34.1 Å². The van der Waals surface area contributed by atoms with E-state index in [1.807, 2.05) is 0 Å². The van der Waals surface area contributed by atoms with Gasteiger partial charge in [-0.3, -0.25) is 9.59 Å². The first kappa shape index (κ1) is 18.6. The van der Waals surface area contributed by atoms with Crippen LogP contribution in [0.25, 0.3) is 0 Å². The Morgan fingerprint density at radius 1 is 1.08 bits per heavy atom. The Kier molecular flexibility index (Phi) is 5.16. The van der Waals surface area contributed by atoms with Gasteiger partial charge in [-0.15, -0.1) is 0 Å². The van der Waals surface area contributed by atoms with Crippen molar-refractivity contribution >= 4 is 40.7 Å². The lowest BCUT2D eigenvalue weighted by molar-refractivity contribution is -0.124. The molecule has 1 aliphatic heterocycles. The first-order valence-corrected chi connectivity index (χ1v) is 8.57. The molecule has 4 nitrogen and oxygen atoms in total. The lowest BCUT2D eigenvalue weighted by atomic mass is 10.1. The lowest BCUT2D eigenvalue weighted by Crippen LogP contribution is -2.58. The van der Waals surface area contributed by atoms with E-state index in [-0.39, 0.29) is 29.7 Å². The van der Waals surface area contributed by atoms with Crippen molar-refractivity contribution in [3.63, 3.8) is 0 Å². The number of amides is 2. The summed E-state index contributed by atoms with van der Waals surface area (Å²) in [5, 5.41) is 0.562. The van der Waals surface area contributed by atoms with Gasteiger partial charge in [-0.2, -0.15) is 0 Å². The average Bonchev–Trinajstić information content (AvgIpc) is 2.60. The smallest absolute Gasteiger partial charge is 0.254 e. The Labute approximate surface area is 158 Å². The maximum Gasteiger partial charge on any atom is 0.254 e. The molecule has 3 rings (SSSR count). The van der Waals surface area contributed by atoms with Gasteiger partial charge in [0.15, 0.2) is 0 Å². The van der Waals surface area contributed by atoms with Crippen LogP contribution < -0.4 is 4.90 Å². The maximum absolute atomic E-state index is 14.0. The third-order valence-corrected chi connectivity index (χ3v) is 5.02. The number of anilines is 1. The van der Waals surface area contributed by atoms with Gasteiger partial charge in [0.25, 0.3) is 5.91 Å². The number of benzene rings is 2. The van der Waals surface area contributed by atoms with Crippen molar-refractivity contribution in [3.8, 4) is 0 Å². The molecule has 0 spiro atoms. The van der Waals surface area contributed by atoms with Crippen molar-refractivity contribution in [1.29, 1.82) is 0 Å². The fourth-order valence-corrected chi connectivity index (χ4v) is 3.18. The molecular weight excluding hydrogens is 385 g/mol. The molecule has 1 unspecified atom stereocenters. The molecule has 1 atom stereocenters. The molecule has 1 saturated heterocycles. The molecule has 0 aliphatic carbocycles. The van der Waals surface area contributed by atoms with Gasteiger partial charge in [-0.1, -0.05) is 23.2 Å². The predicted molar refractivity (Wildman–Crippen MR) is 95.7 cm³/mol. The zero-order valence-electron chi connectivity index (χ0n) is 13.7. The van der Waals surface area contributed by atoms with Crippen LogP contribution in [-0.2, 0) is 4.79 Å². The van der Waals surface area contributed by atoms with Crippen LogP contribution in [0.1, 0.15) is 17.3 Å². The Morgan fingerprint density at radius 3 is 2.46 bits per heavy atom. The third kappa shape index (κ3) is 3.39. The normalized spacial score (nSPS) is 17.6. The highest BCUT2D eigenvalue weighted by Crippen LogP contribution is 2.27. The quantitative estimate of drug-likeness (QED) is 0.762. The van der Waals surface area contributed by atoms with Crippen molar-refractivity contribution in [3.05, 3.63) is 63.6 Å². The molecule has 0 aromatic heterocycles. The maximum atomic E-state index is 14.0. The molecule has 136 valence electrons. The standard InChI is InChI=1S/C18H14Cl2F2N2O2/c1-10-17(25)24(16-5-3-12(21)9-15(16)22)7-6-23(10)18(26)11-2-4-13(19)14(20)8-11/h2-5,8-10H,6-7H2,1H3. The van der Waals surface area contributed by atoms with Crippen molar-refractivity contribution in [2.24, 2.45) is 0 Å². The van der Waals surface area contributed by atoms with E-state index >= 15 is 0 Å². The van der Waals surface area contributed by atoms with E-state index in [9.17, 15) is 18.4 Å². The van der Waals surface area contributed by atoms with Gasteiger partial charge in [-0.25, -0.2) is 8.78 Å². The van der Waals surface area contributed by atoms with Crippen molar-refractivity contribution in [1.82, 2.24) is 4.90 Å². The van der Waals surface area contributed by atoms with Gasteiger partial charge in [0.1, 0.15) is 17.7 Å². The van der Waals surface area contributed by atoms with Crippen LogP contribution in [0.2, 0.25) is 10.0 Å². The Balaban J connectivity index is 1.83. The van der Waals surface area contributed by atoms with Crippen molar-refractivity contribution in [2.75, 3.05) is 18.0 Å². The number of hydrogen-bond donors (Lipinski definition) is 0. The lowest BCUT2D eigenvalue weighted by Gasteiger charge is -2.39. The largest absolute Gasteiger partial charge is 0.325 e. The summed E-state index contributed by atoms with van der Waals surface area (Å²) in [5.41, 5.74) is 0.297. The molecule has 1 heterocycles. The van der Waals surface area contributed by atoms with Gasteiger partial charge in [0.05, 0.1) is 15.7 Å². The summed E-state index contributed by atoms with van der Waals surface area (Å²) in [4.78, 5) is 28.0. The fraction of sp³-hybridized carbons (Fsp3) is 0.222. The summed E-state index contributed by atoms with van der Waals surface area (Å²) in [6.45, 7) is 1.85. The van der Waals surface area contributed by atoms with Crippen molar-refractivity contribution in [2.45, 2.75) is 13.0 Å². The van der Waals surface area contributed by atoms with Gasteiger partial charge in [0.2, 0.25) is 5.91 Å². The SMILES string of the molecule is CC1C(=O)N(c2ccc(F)cc2F)CCN1C(=O)c1ccc(Cl)c(Cl)c1. The zero-order valence-corrected chi connectivity index (χ0v) is 15.2. The topological polar surface area (TPSA) is 40.6 Å². The molecule has 0 bridgehead atoms. The first-order chi connectivity index (χ1) is 12.3. The number of rotatable bonds is 2. The van der Waals surface area contributed by atoms with Crippen molar-refractivity contribution < 1.29 is 18.4 Å². The van der Waals surface area contributed by atoms with E-state index in [4.69, 9.17) is 23.2 Å². The summed E-state index contributed by atoms with van der Waals surface area (Å²) in [7, 11) is 0. The van der Waals surface area contributed by atoms with Crippen LogP contribution in [0.5, 0.6) is 0 Å². The minimum Gasteiger partial charge on any atom is -0.325 e. The molecule has 0 radical (unpaired) electrons. The summed E-state index contributed by atoms with van der Waals surface area (Å²) in [6.07, 6.45) is 0. The van der Waals surface area contributed by atoms with Gasteiger partial charge in [-0.05, 0) is 37.3 Å². The molecule has 1 fully saturated rings. The number of hydrogen-bond acceptors (Lipinski definition) is 2. The molecular formula is C18H14Cl2F2N2O2. The fourth-order valence-electron chi connectivity index (χ4n) is 2.88. The predicted octanol–water partition coefficient (Wildman–Crippen LogP) is 4.15. The molecule has 0 N–H and O–H groups in total. The zero-order chi connectivity index (χ0) is 19.0. The van der Waals surface area contributed by atoms with E-state index in [2.05, 4.69) is 0 Å². The molecule has 0 saturated carbocycles. The number of carbonyl (C=O) groups is 2. The van der Waals surface area contributed by atoms with Crippen LogP contribution >= 0.6 is 23.2 Å². The molecule has 2 aromatic carbocycles. The van der Waals surface area contributed by atoms with Crippen LogP contribution in [0.3, 0.4) is 0 Å². The summed E-state index contributed by atoms with van der Waals surface area (Å²) in [5.74, 6) is -2.37. The summed E-state index contributed by atoms with van der Waals surface area (Å²) < 4.78 is 27.1. The van der Waals surface area contributed by atoms with Crippen LogP contribution in [0.15, 0.2) is 36.4 Å². The molecule has 2 amide bonds. The second-order valence-electron chi connectivity index (χ2n) is 5.89. The summed E-state index contributed by atoms with van der Waals surface area (Å²) in [6, 6.07) is 6.69. The van der Waals surface area contributed by atoms with E-state index < -0.39 is 23.6 Å². The van der Waals surface area contributed by atoms with E-state index in [1.54, 1.807) is 6.92 Å². The highest BCUT2D eigenvalue weighted by Gasteiger charge is 2.36. The van der Waals surface area contributed by atoms with Gasteiger partial charge < -0.3 is 9.80 Å². The number of nitrogens with zero attached hydrogens (tertiary/aromatic N) is 2. The van der Waals surface area contributed by atoms with Crippen LogP contribution in [-0.4, -0.2) is 35.8 Å². The van der Waals surface area contributed by atoms with E-state index in [0.717, 1.165) is 12.1 Å². The number of halogens is 4. The number of piperazine rings is 1. The molecule has 26 heavy (non-hydrogen) atoms. The molecule has 1 aliphatic rings. The Bertz CT molecular complexity index is 891. The molecule has 8 heteroatoms. The second kappa shape index (κ2) is 7.21. The molecule has 2 aromatic rings. The Hall–Kier alpha value is -2.18. The van der Waals surface area contributed by atoms with Crippen LogP contribution in [0.4, 0.5) is 14.5 Å². The highest BCUT2D eigenvalue weighted by molar-refractivity contribution is 6.42. The van der Waals surface area contributed by atoms with Gasteiger partial charge in [0, 0.05) is 24.7 Å². The minimum absolute atomic E-state index is 0.00936. The monoisotopic (exact) mass is 398 g/mol. The number of carbonyl (C=O) groups excluding carboxylic acids is 2. The second-order valence-corrected chi connectivity index (χ2v) is 6.70. The highest BCUT2D eigenvalue weighted by atomic mass is 35.5. The average molecular weight is 399 g/mol. The Morgan fingerprint density at radius 2 is 1.81 bits per heavy atom. The first-order valence-electron chi connectivity index (χ1n) is 7.82. The van der Waals surface area contributed by atoms with Gasteiger partial charge >= 0.3 is 0 Å². The van der Waals surface area contributed by atoms with E-state index in [0.29, 0.717) is 10.6 Å².